The molecule has 0 aliphatic heterocycles. The van der Waals surface area contributed by atoms with E-state index in [-0.39, 0.29) is 17.7 Å². The van der Waals surface area contributed by atoms with Gasteiger partial charge in [-0.2, -0.15) is 0 Å². The molecule has 1 aromatic carbocycles. The highest BCUT2D eigenvalue weighted by molar-refractivity contribution is 7.09. The number of nitrogens with zero attached hydrogens (tertiary/aromatic N) is 2. The summed E-state index contributed by atoms with van der Waals surface area (Å²) in [5.74, 6) is -0.160. The van der Waals surface area contributed by atoms with E-state index in [1.54, 1.807) is 41.8 Å². The van der Waals surface area contributed by atoms with Crippen LogP contribution in [-0.4, -0.2) is 35.2 Å². The van der Waals surface area contributed by atoms with Crippen LogP contribution in [-0.2, 0) is 4.79 Å². The van der Waals surface area contributed by atoms with Gasteiger partial charge >= 0.3 is 0 Å². The summed E-state index contributed by atoms with van der Waals surface area (Å²) < 4.78 is 0. The Morgan fingerprint density at radius 2 is 2.09 bits per heavy atom. The number of carbonyl (C=O) groups excluding carboxylic acids is 2. The summed E-state index contributed by atoms with van der Waals surface area (Å²) in [6, 6.07) is 7.23. The molecule has 0 aliphatic rings. The number of hydrogen-bond acceptors (Lipinski definition) is 5. The Bertz CT molecular complexity index is 670. The Kier molecular flexibility index (Phi) is 6.01. The van der Waals surface area contributed by atoms with Crippen molar-refractivity contribution in [3.63, 3.8) is 0 Å². The zero-order chi connectivity index (χ0) is 16.8. The predicted molar refractivity (Wildman–Crippen MR) is 92.9 cm³/mol. The number of nitrogens with one attached hydrogen (secondary N) is 1. The van der Waals surface area contributed by atoms with Crippen LogP contribution in [0.1, 0.15) is 41.7 Å². The standard InChI is InChI=1S/C17H21N3O2S/c1-12(17-18-9-11-23-17)20(3)10-8-16(22)19-15-7-5-4-6-14(15)13(2)21/h4-7,9,11-12H,8,10H2,1-3H3,(H,19,22)/t12-/m1/s1. The normalized spacial score (nSPS) is 12.2. The fourth-order valence-corrected chi connectivity index (χ4v) is 2.97. The number of ketones is 1. The van der Waals surface area contributed by atoms with Crippen molar-refractivity contribution in [2.75, 3.05) is 18.9 Å². The van der Waals surface area contributed by atoms with Crippen molar-refractivity contribution in [3.8, 4) is 0 Å². The van der Waals surface area contributed by atoms with Gasteiger partial charge in [0.25, 0.3) is 0 Å². The molecule has 0 fully saturated rings. The van der Waals surface area contributed by atoms with Crippen LogP contribution in [0.3, 0.4) is 0 Å². The molecule has 1 aromatic heterocycles. The van der Waals surface area contributed by atoms with E-state index in [4.69, 9.17) is 0 Å². The van der Waals surface area contributed by atoms with E-state index in [1.807, 2.05) is 12.4 Å². The molecule has 1 atom stereocenters. The molecule has 6 heteroatoms. The van der Waals surface area contributed by atoms with Gasteiger partial charge in [0.15, 0.2) is 5.78 Å². The Balaban J connectivity index is 1.89. The van der Waals surface area contributed by atoms with Gasteiger partial charge in [0.2, 0.25) is 5.91 Å². The third kappa shape index (κ3) is 4.71. The first kappa shape index (κ1) is 17.3. The average molecular weight is 331 g/mol. The maximum atomic E-state index is 12.1. The van der Waals surface area contributed by atoms with E-state index in [1.165, 1.54) is 6.92 Å². The van der Waals surface area contributed by atoms with Crippen LogP contribution in [0.2, 0.25) is 0 Å². The van der Waals surface area contributed by atoms with E-state index in [0.717, 1.165) is 5.01 Å². The Hall–Kier alpha value is -2.05. The Morgan fingerprint density at radius 3 is 2.74 bits per heavy atom. The molecule has 1 amide bonds. The SMILES string of the molecule is CC(=O)c1ccccc1NC(=O)CCN(C)[C@H](C)c1nccs1. The average Bonchev–Trinajstić information content (AvgIpc) is 3.06. The molecule has 0 radical (unpaired) electrons. The summed E-state index contributed by atoms with van der Waals surface area (Å²) in [5.41, 5.74) is 1.10. The molecule has 0 saturated carbocycles. The van der Waals surface area contributed by atoms with E-state index < -0.39 is 0 Å². The first-order valence-electron chi connectivity index (χ1n) is 7.48. The maximum absolute atomic E-state index is 12.1. The van der Waals surface area contributed by atoms with Gasteiger partial charge in [0, 0.05) is 30.1 Å². The second kappa shape index (κ2) is 7.99. The summed E-state index contributed by atoms with van der Waals surface area (Å²) in [7, 11) is 1.98. The summed E-state index contributed by atoms with van der Waals surface area (Å²) in [6.07, 6.45) is 2.15. The second-order valence-corrected chi connectivity index (χ2v) is 6.35. The van der Waals surface area contributed by atoms with Gasteiger partial charge in [0.05, 0.1) is 11.7 Å². The van der Waals surface area contributed by atoms with Crippen LogP contribution in [0.4, 0.5) is 5.69 Å². The lowest BCUT2D eigenvalue weighted by Crippen LogP contribution is -2.27. The first-order valence-corrected chi connectivity index (χ1v) is 8.36. The van der Waals surface area contributed by atoms with Gasteiger partial charge in [-0.05, 0) is 33.0 Å². The minimum absolute atomic E-state index is 0.0598. The van der Waals surface area contributed by atoms with Gasteiger partial charge in [-0.25, -0.2) is 4.98 Å². The number of thiazole rings is 1. The molecule has 2 rings (SSSR count). The fourth-order valence-electron chi connectivity index (χ4n) is 2.21. The molecule has 122 valence electrons. The van der Waals surface area contributed by atoms with Crippen LogP contribution in [0.5, 0.6) is 0 Å². The quantitative estimate of drug-likeness (QED) is 0.790. The minimum Gasteiger partial charge on any atom is -0.325 e. The molecule has 0 aliphatic carbocycles. The lowest BCUT2D eigenvalue weighted by molar-refractivity contribution is -0.116. The fraction of sp³-hybridized carbons (Fsp3) is 0.353. The van der Waals surface area contributed by atoms with Gasteiger partial charge in [-0.15, -0.1) is 11.3 Å². The second-order valence-electron chi connectivity index (χ2n) is 5.43. The van der Waals surface area contributed by atoms with E-state index in [2.05, 4.69) is 22.1 Å². The maximum Gasteiger partial charge on any atom is 0.225 e. The van der Waals surface area contributed by atoms with Crippen molar-refractivity contribution in [3.05, 3.63) is 46.4 Å². The Morgan fingerprint density at radius 1 is 1.35 bits per heavy atom. The van der Waals surface area contributed by atoms with Crippen LogP contribution in [0, 0.1) is 0 Å². The van der Waals surface area contributed by atoms with Gasteiger partial charge < -0.3 is 5.32 Å². The van der Waals surface area contributed by atoms with Crippen molar-refractivity contribution in [1.29, 1.82) is 0 Å². The number of anilines is 1. The molecule has 0 saturated heterocycles. The molecule has 0 unspecified atom stereocenters. The Labute approximate surface area is 140 Å². The molecular formula is C17H21N3O2S. The van der Waals surface area contributed by atoms with Crippen LogP contribution in [0.15, 0.2) is 35.8 Å². The molecule has 1 N–H and O–H groups in total. The van der Waals surface area contributed by atoms with E-state index in [0.29, 0.717) is 24.2 Å². The number of carbonyl (C=O) groups is 2. The van der Waals surface area contributed by atoms with E-state index >= 15 is 0 Å². The summed E-state index contributed by atoms with van der Waals surface area (Å²) in [6.45, 7) is 4.19. The third-order valence-electron chi connectivity index (χ3n) is 3.74. The molecule has 23 heavy (non-hydrogen) atoms. The van der Waals surface area contributed by atoms with Crippen LogP contribution in [0.25, 0.3) is 0 Å². The minimum atomic E-state index is -0.100. The van der Waals surface area contributed by atoms with Crippen molar-refractivity contribution in [2.24, 2.45) is 0 Å². The number of para-hydroxylation sites is 1. The van der Waals surface area contributed by atoms with Crippen molar-refractivity contribution < 1.29 is 9.59 Å². The highest BCUT2D eigenvalue weighted by Gasteiger charge is 2.15. The molecule has 2 aromatic rings. The van der Waals surface area contributed by atoms with Gasteiger partial charge in [-0.3, -0.25) is 14.5 Å². The molecular weight excluding hydrogens is 310 g/mol. The monoisotopic (exact) mass is 331 g/mol. The van der Waals surface area contributed by atoms with Gasteiger partial charge in [0.1, 0.15) is 5.01 Å². The number of Topliss-reactive ketones (excluding diaryl/α,β-unsaturated/α-hetero) is 1. The van der Waals surface area contributed by atoms with Crippen molar-refractivity contribution >= 4 is 28.7 Å². The third-order valence-corrected chi connectivity index (χ3v) is 4.69. The smallest absolute Gasteiger partial charge is 0.225 e. The number of amides is 1. The number of benzene rings is 1. The highest BCUT2D eigenvalue weighted by atomic mass is 32.1. The lowest BCUT2D eigenvalue weighted by atomic mass is 10.1. The van der Waals surface area contributed by atoms with E-state index in [9.17, 15) is 9.59 Å². The first-order chi connectivity index (χ1) is 11.0. The predicted octanol–water partition coefficient (Wildman–Crippen LogP) is 3.37. The number of hydrogen-bond donors (Lipinski definition) is 1. The number of rotatable bonds is 7. The number of aromatic nitrogens is 1. The largest absolute Gasteiger partial charge is 0.325 e. The molecule has 0 spiro atoms. The topological polar surface area (TPSA) is 62.3 Å². The van der Waals surface area contributed by atoms with Gasteiger partial charge in [-0.1, -0.05) is 12.1 Å². The highest BCUT2D eigenvalue weighted by Crippen LogP contribution is 2.21. The molecule has 1 heterocycles. The van der Waals surface area contributed by atoms with Crippen molar-refractivity contribution in [2.45, 2.75) is 26.3 Å². The zero-order valence-corrected chi connectivity index (χ0v) is 14.4. The lowest BCUT2D eigenvalue weighted by Gasteiger charge is -2.22. The summed E-state index contributed by atoms with van der Waals surface area (Å²) >= 11 is 1.61. The molecule has 0 bridgehead atoms. The van der Waals surface area contributed by atoms with Crippen LogP contribution < -0.4 is 5.32 Å². The zero-order valence-electron chi connectivity index (χ0n) is 13.6. The summed E-state index contributed by atoms with van der Waals surface area (Å²) in [4.78, 5) is 30.1. The van der Waals surface area contributed by atoms with Crippen molar-refractivity contribution in [1.82, 2.24) is 9.88 Å². The molecule has 5 nitrogen and oxygen atoms in total. The summed E-state index contributed by atoms with van der Waals surface area (Å²) in [5, 5.41) is 5.81. The van der Waals surface area contributed by atoms with Crippen LogP contribution >= 0.6 is 11.3 Å².